The summed E-state index contributed by atoms with van der Waals surface area (Å²) in [7, 11) is -3.07. The largest absolute Gasteiger partial charge is 0.361 e. The smallest absolute Gasteiger partial charge is 0.324 e. The first-order chi connectivity index (χ1) is 14.3. The van der Waals surface area contributed by atoms with Crippen LogP contribution in [-0.2, 0) is 25.8 Å². The molecule has 0 radical (unpaired) electrons. The van der Waals surface area contributed by atoms with Crippen molar-refractivity contribution in [3.05, 3.63) is 36.0 Å². The molecule has 3 heterocycles. The van der Waals surface area contributed by atoms with E-state index in [1.807, 2.05) is 30.5 Å². The molecule has 3 N–H and O–H groups in total. The highest BCUT2D eigenvalue weighted by atomic mass is 32.2. The van der Waals surface area contributed by atoms with Gasteiger partial charge in [0.2, 0.25) is 5.91 Å². The molecule has 1 aromatic carbocycles. The Hall–Kier alpha value is -2.88. The van der Waals surface area contributed by atoms with Crippen LogP contribution in [0.4, 0.5) is 4.79 Å². The van der Waals surface area contributed by atoms with Crippen molar-refractivity contribution in [3.8, 4) is 0 Å². The lowest BCUT2D eigenvalue weighted by atomic mass is 10.1. The van der Waals surface area contributed by atoms with Crippen LogP contribution >= 0.6 is 0 Å². The molecule has 2 aliphatic rings. The third-order valence-corrected chi connectivity index (χ3v) is 7.41. The first-order valence-corrected chi connectivity index (χ1v) is 11.8. The van der Waals surface area contributed by atoms with E-state index < -0.39 is 21.9 Å². The molecule has 0 saturated carbocycles. The van der Waals surface area contributed by atoms with Gasteiger partial charge in [-0.25, -0.2) is 13.2 Å². The van der Waals surface area contributed by atoms with Gasteiger partial charge in [0.05, 0.1) is 11.5 Å². The van der Waals surface area contributed by atoms with Crippen molar-refractivity contribution in [2.24, 2.45) is 0 Å². The Balaban J connectivity index is 1.28. The second kappa shape index (κ2) is 8.10. The third kappa shape index (κ3) is 4.33. The molecule has 2 saturated heterocycles. The fourth-order valence-electron chi connectivity index (χ4n) is 4.04. The number of sulfone groups is 1. The Morgan fingerprint density at radius 2 is 2.03 bits per heavy atom. The van der Waals surface area contributed by atoms with Gasteiger partial charge in [0.15, 0.2) is 9.84 Å². The highest BCUT2D eigenvalue weighted by Crippen LogP contribution is 2.20. The number of fused-ring (bicyclic) bond motifs is 1. The molecule has 2 atom stereocenters. The average Bonchev–Trinajstić information content (AvgIpc) is 3.35. The molecule has 2 unspecified atom stereocenters. The maximum Gasteiger partial charge on any atom is 0.324 e. The Labute approximate surface area is 174 Å². The minimum Gasteiger partial charge on any atom is -0.361 e. The zero-order valence-electron chi connectivity index (χ0n) is 16.4. The fraction of sp³-hybridized carbons (Fsp3) is 0.450. The van der Waals surface area contributed by atoms with E-state index in [0.717, 1.165) is 16.5 Å². The lowest BCUT2D eigenvalue weighted by Gasteiger charge is -2.13. The molecule has 30 heavy (non-hydrogen) atoms. The molecule has 160 valence electrons. The van der Waals surface area contributed by atoms with Crippen LogP contribution in [0.25, 0.3) is 10.9 Å². The second-order valence-corrected chi connectivity index (χ2v) is 10.0. The van der Waals surface area contributed by atoms with E-state index in [4.69, 9.17) is 0 Å². The van der Waals surface area contributed by atoms with E-state index in [1.165, 1.54) is 4.90 Å². The van der Waals surface area contributed by atoms with Gasteiger partial charge in [-0.3, -0.25) is 14.5 Å². The van der Waals surface area contributed by atoms with Crippen LogP contribution < -0.4 is 10.6 Å². The van der Waals surface area contributed by atoms with Crippen LogP contribution in [0.2, 0.25) is 0 Å². The number of imide groups is 1. The van der Waals surface area contributed by atoms with Gasteiger partial charge in [-0.2, -0.15) is 0 Å². The number of amides is 4. The molecular formula is C20H24N4O5S. The maximum absolute atomic E-state index is 12.6. The summed E-state index contributed by atoms with van der Waals surface area (Å²) in [6.07, 6.45) is 3.05. The number of urea groups is 1. The maximum atomic E-state index is 12.6. The highest BCUT2D eigenvalue weighted by Gasteiger charge is 2.38. The first kappa shape index (κ1) is 20.4. The number of H-pyrrole nitrogens is 1. The highest BCUT2D eigenvalue weighted by molar-refractivity contribution is 7.91. The summed E-state index contributed by atoms with van der Waals surface area (Å²) >= 11 is 0. The van der Waals surface area contributed by atoms with Gasteiger partial charge >= 0.3 is 6.03 Å². The van der Waals surface area contributed by atoms with Crippen LogP contribution in [0.3, 0.4) is 0 Å². The summed E-state index contributed by atoms with van der Waals surface area (Å²) in [5.74, 6) is -0.604. The van der Waals surface area contributed by atoms with Crippen molar-refractivity contribution in [1.82, 2.24) is 20.5 Å². The van der Waals surface area contributed by atoms with Crippen LogP contribution in [-0.4, -0.2) is 66.3 Å². The zero-order chi connectivity index (χ0) is 21.3. The summed E-state index contributed by atoms with van der Waals surface area (Å²) < 4.78 is 22.9. The van der Waals surface area contributed by atoms with Gasteiger partial charge in [-0.1, -0.05) is 18.2 Å². The number of aromatic nitrogens is 1. The van der Waals surface area contributed by atoms with Crippen molar-refractivity contribution >= 4 is 38.6 Å². The minimum absolute atomic E-state index is 0.0422. The van der Waals surface area contributed by atoms with Crippen LogP contribution in [0.15, 0.2) is 30.5 Å². The number of carbonyl (C=O) groups is 3. The Bertz CT molecular complexity index is 1090. The molecule has 0 bridgehead atoms. The summed E-state index contributed by atoms with van der Waals surface area (Å²) in [6.45, 7) is 0.259. The van der Waals surface area contributed by atoms with Gasteiger partial charge in [0, 0.05) is 36.1 Å². The molecule has 2 fully saturated rings. The average molecular weight is 433 g/mol. The van der Waals surface area contributed by atoms with E-state index >= 15 is 0 Å². The van der Waals surface area contributed by atoms with Crippen molar-refractivity contribution in [2.75, 3.05) is 18.1 Å². The van der Waals surface area contributed by atoms with Gasteiger partial charge in [0.1, 0.15) is 6.04 Å². The molecule has 4 rings (SSSR count). The predicted octanol–water partition coefficient (Wildman–Crippen LogP) is 0.714. The van der Waals surface area contributed by atoms with Crippen LogP contribution in [0, 0.1) is 0 Å². The number of hydrogen-bond donors (Lipinski definition) is 3. The lowest BCUT2D eigenvalue weighted by molar-refractivity contribution is -0.127. The van der Waals surface area contributed by atoms with Gasteiger partial charge in [-0.05, 0) is 30.9 Å². The molecule has 9 nitrogen and oxygen atoms in total. The standard InChI is InChI=1S/C20H24N4O5S/c25-18(22-14-8-10-30(28,29)12-14)6-5-17-19(26)24(20(27)23-17)9-7-13-11-21-16-4-2-1-3-15(13)16/h1-4,11,14,17,21H,5-10,12H2,(H,22,25)(H,23,27). The number of carbonyl (C=O) groups excluding carboxylic acids is 3. The zero-order valence-corrected chi connectivity index (χ0v) is 17.2. The number of para-hydroxylation sites is 1. The van der Waals surface area contributed by atoms with Gasteiger partial charge in [-0.15, -0.1) is 0 Å². The van der Waals surface area contributed by atoms with Crippen molar-refractivity contribution in [1.29, 1.82) is 0 Å². The second-order valence-electron chi connectivity index (χ2n) is 7.81. The summed E-state index contributed by atoms with van der Waals surface area (Å²) in [4.78, 5) is 41.3. The van der Waals surface area contributed by atoms with Crippen molar-refractivity contribution < 1.29 is 22.8 Å². The molecule has 2 aromatic rings. The fourth-order valence-corrected chi connectivity index (χ4v) is 5.71. The van der Waals surface area contributed by atoms with Crippen LogP contribution in [0.1, 0.15) is 24.8 Å². The number of aromatic amines is 1. The summed E-state index contributed by atoms with van der Waals surface area (Å²) in [5, 5.41) is 6.40. The Kier molecular flexibility index (Phi) is 5.50. The lowest BCUT2D eigenvalue weighted by Crippen LogP contribution is -2.37. The SMILES string of the molecule is O=C(CCC1NC(=O)N(CCc2c[nH]c3ccccc23)C1=O)NC1CCS(=O)(=O)C1. The number of benzene rings is 1. The number of rotatable bonds is 7. The molecule has 0 spiro atoms. The van der Waals surface area contributed by atoms with E-state index in [-0.39, 0.29) is 48.7 Å². The molecule has 10 heteroatoms. The first-order valence-electron chi connectivity index (χ1n) is 9.99. The summed E-state index contributed by atoms with van der Waals surface area (Å²) in [6, 6.07) is 6.27. The topological polar surface area (TPSA) is 128 Å². The van der Waals surface area contributed by atoms with E-state index in [2.05, 4.69) is 15.6 Å². The monoisotopic (exact) mass is 432 g/mol. The van der Waals surface area contributed by atoms with Gasteiger partial charge < -0.3 is 15.6 Å². The summed E-state index contributed by atoms with van der Waals surface area (Å²) in [5.41, 5.74) is 2.03. The van der Waals surface area contributed by atoms with Crippen molar-refractivity contribution in [2.45, 2.75) is 37.8 Å². The predicted molar refractivity (Wildman–Crippen MR) is 110 cm³/mol. The Morgan fingerprint density at radius 1 is 1.23 bits per heavy atom. The van der Waals surface area contributed by atoms with E-state index in [0.29, 0.717) is 12.8 Å². The van der Waals surface area contributed by atoms with Crippen LogP contribution in [0.5, 0.6) is 0 Å². The van der Waals surface area contributed by atoms with E-state index in [1.54, 1.807) is 0 Å². The molecular weight excluding hydrogens is 408 g/mol. The minimum atomic E-state index is -3.07. The molecule has 1 aromatic heterocycles. The quantitative estimate of drug-likeness (QED) is 0.555. The number of hydrogen-bond acceptors (Lipinski definition) is 5. The normalized spacial score (nSPS) is 23.1. The molecule has 2 aliphatic heterocycles. The van der Waals surface area contributed by atoms with Crippen molar-refractivity contribution in [3.63, 3.8) is 0 Å². The number of nitrogens with zero attached hydrogens (tertiary/aromatic N) is 1. The number of nitrogens with one attached hydrogen (secondary N) is 3. The Morgan fingerprint density at radius 3 is 2.80 bits per heavy atom. The third-order valence-electron chi connectivity index (χ3n) is 5.64. The molecule has 0 aliphatic carbocycles. The molecule has 4 amide bonds. The van der Waals surface area contributed by atoms with E-state index in [9.17, 15) is 22.8 Å². The van der Waals surface area contributed by atoms with Gasteiger partial charge in [0.25, 0.3) is 5.91 Å².